The second-order valence-electron chi connectivity index (χ2n) is 7.13. The van der Waals surface area contributed by atoms with Crippen LogP contribution < -0.4 is 20.1 Å². The summed E-state index contributed by atoms with van der Waals surface area (Å²) in [6, 6.07) is 21.3. The van der Waals surface area contributed by atoms with Crippen LogP contribution in [0.15, 0.2) is 72.9 Å². The highest BCUT2D eigenvalue weighted by Gasteiger charge is 2.22. The zero-order valence-corrected chi connectivity index (χ0v) is 18.2. The van der Waals surface area contributed by atoms with Crippen LogP contribution in [0.4, 0.5) is 0 Å². The molecular weight excluding hydrogens is 390 g/mol. The van der Waals surface area contributed by atoms with E-state index in [1.807, 2.05) is 54.6 Å². The molecule has 2 N–H and O–H groups in total. The predicted octanol–water partition coefficient (Wildman–Crippen LogP) is 3.70. The van der Waals surface area contributed by atoms with Crippen LogP contribution in [0.5, 0.6) is 11.6 Å². The van der Waals surface area contributed by atoms with Gasteiger partial charge < -0.3 is 20.1 Å². The number of hydrogen-bond acceptors (Lipinski definition) is 5. The lowest BCUT2D eigenvalue weighted by Crippen LogP contribution is -2.36. The molecule has 2 aromatic carbocycles. The van der Waals surface area contributed by atoms with Crippen LogP contribution in [-0.4, -0.2) is 38.7 Å². The molecule has 0 spiro atoms. The van der Waals surface area contributed by atoms with Gasteiger partial charge in [0, 0.05) is 24.7 Å². The van der Waals surface area contributed by atoms with E-state index in [9.17, 15) is 4.79 Å². The number of carbonyl (C=O) groups is 1. The number of nitrogens with zero attached hydrogens (tertiary/aromatic N) is 1. The molecule has 31 heavy (non-hydrogen) atoms. The Morgan fingerprint density at radius 1 is 0.935 bits per heavy atom. The first-order valence-corrected chi connectivity index (χ1v) is 10.3. The molecule has 3 rings (SSSR count). The molecule has 0 fully saturated rings. The van der Waals surface area contributed by atoms with E-state index in [0.29, 0.717) is 12.4 Å². The number of aromatic nitrogens is 1. The van der Waals surface area contributed by atoms with Gasteiger partial charge in [-0.3, -0.25) is 4.79 Å². The Kier molecular flexibility index (Phi) is 8.01. The van der Waals surface area contributed by atoms with Crippen molar-refractivity contribution >= 4 is 5.91 Å². The Bertz CT molecular complexity index is 961. The van der Waals surface area contributed by atoms with Gasteiger partial charge in [0.1, 0.15) is 11.8 Å². The molecule has 2 atom stereocenters. The zero-order valence-electron chi connectivity index (χ0n) is 18.2. The van der Waals surface area contributed by atoms with Crippen molar-refractivity contribution < 1.29 is 14.3 Å². The van der Waals surface area contributed by atoms with Crippen molar-refractivity contribution in [2.45, 2.75) is 18.4 Å². The lowest BCUT2D eigenvalue weighted by atomic mass is 9.88. The van der Waals surface area contributed by atoms with Crippen LogP contribution in [0.2, 0.25) is 0 Å². The van der Waals surface area contributed by atoms with Crippen molar-refractivity contribution in [2.75, 3.05) is 27.8 Å². The van der Waals surface area contributed by atoms with Gasteiger partial charge in [0.15, 0.2) is 0 Å². The first-order valence-electron chi connectivity index (χ1n) is 10.3. The Morgan fingerprint density at radius 3 is 2.32 bits per heavy atom. The molecule has 1 aromatic heterocycles. The lowest BCUT2D eigenvalue weighted by Gasteiger charge is -2.23. The Hall–Kier alpha value is -3.38. The maximum Gasteiger partial charge on any atom is 0.241 e. The SMILES string of the molecule is CNC(=O)[C@@H](NCC[C@@H](c1ccc(OC)cc1)c1cccnc1OC)c1ccccc1. The van der Waals surface area contributed by atoms with Crippen LogP contribution in [0.25, 0.3) is 0 Å². The van der Waals surface area contributed by atoms with Crippen LogP contribution in [0.3, 0.4) is 0 Å². The van der Waals surface area contributed by atoms with Crippen molar-refractivity contribution in [3.8, 4) is 11.6 Å². The normalized spacial score (nSPS) is 12.6. The van der Waals surface area contributed by atoms with Crippen LogP contribution >= 0.6 is 0 Å². The summed E-state index contributed by atoms with van der Waals surface area (Å²) in [4.78, 5) is 16.9. The Morgan fingerprint density at radius 2 is 1.68 bits per heavy atom. The highest BCUT2D eigenvalue weighted by molar-refractivity contribution is 5.82. The summed E-state index contributed by atoms with van der Waals surface area (Å²) in [5.74, 6) is 1.39. The molecule has 0 radical (unpaired) electrons. The molecule has 162 valence electrons. The van der Waals surface area contributed by atoms with E-state index < -0.39 is 6.04 Å². The minimum absolute atomic E-state index is 0.0446. The first-order chi connectivity index (χ1) is 15.2. The molecule has 1 amide bonds. The van der Waals surface area contributed by atoms with E-state index in [1.165, 1.54) is 0 Å². The molecule has 6 nitrogen and oxygen atoms in total. The van der Waals surface area contributed by atoms with Gasteiger partial charge >= 0.3 is 0 Å². The van der Waals surface area contributed by atoms with Crippen molar-refractivity contribution in [2.24, 2.45) is 0 Å². The number of carbonyl (C=O) groups excluding carboxylic acids is 1. The average molecular weight is 420 g/mol. The topological polar surface area (TPSA) is 72.5 Å². The van der Waals surface area contributed by atoms with Gasteiger partial charge in [0.2, 0.25) is 11.8 Å². The van der Waals surface area contributed by atoms with Crippen molar-refractivity contribution in [3.05, 3.63) is 89.6 Å². The quantitative estimate of drug-likeness (QED) is 0.524. The summed E-state index contributed by atoms with van der Waals surface area (Å²) in [6.07, 6.45) is 2.48. The fourth-order valence-electron chi connectivity index (χ4n) is 3.70. The second kappa shape index (κ2) is 11.1. The number of likely N-dealkylation sites (N-methyl/N-ethyl adjacent to an activating group) is 1. The molecule has 1 heterocycles. The summed E-state index contributed by atoms with van der Waals surface area (Å²) in [5, 5.41) is 6.17. The summed E-state index contributed by atoms with van der Waals surface area (Å²) < 4.78 is 10.8. The second-order valence-corrected chi connectivity index (χ2v) is 7.13. The van der Waals surface area contributed by atoms with Gasteiger partial charge in [0.05, 0.1) is 14.2 Å². The third kappa shape index (κ3) is 5.61. The van der Waals surface area contributed by atoms with E-state index >= 15 is 0 Å². The molecular formula is C25H29N3O3. The molecule has 0 saturated carbocycles. The van der Waals surface area contributed by atoms with E-state index in [-0.39, 0.29) is 11.8 Å². The summed E-state index contributed by atoms with van der Waals surface area (Å²) in [5.41, 5.74) is 3.07. The van der Waals surface area contributed by atoms with Crippen LogP contribution in [0, 0.1) is 0 Å². The standard InChI is InChI=1S/C25H29N3O3/c1-26-24(29)23(19-8-5-4-6-9-19)27-17-15-21(18-11-13-20(30-2)14-12-18)22-10-7-16-28-25(22)31-3/h4-14,16,21,23,27H,15,17H2,1-3H3,(H,26,29)/t21-,23-/m0/s1. The molecule has 0 saturated heterocycles. The van der Waals surface area contributed by atoms with Gasteiger partial charge in [-0.1, -0.05) is 48.5 Å². The number of amides is 1. The molecule has 3 aromatic rings. The number of nitrogens with one attached hydrogen (secondary N) is 2. The number of methoxy groups -OCH3 is 2. The highest BCUT2D eigenvalue weighted by Crippen LogP contribution is 2.33. The van der Waals surface area contributed by atoms with Gasteiger partial charge in [-0.2, -0.15) is 0 Å². The fourth-order valence-corrected chi connectivity index (χ4v) is 3.70. The molecule has 0 aliphatic heterocycles. The number of ether oxygens (including phenoxy) is 2. The highest BCUT2D eigenvalue weighted by atomic mass is 16.5. The first kappa shape index (κ1) is 22.3. The van der Waals surface area contributed by atoms with Crippen molar-refractivity contribution in [1.82, 2.24) is 15.6 Å². The predicted molar refractivity (Wildman–Crippen MR) is 121 cm³/mol. The summed E-state index contributed by atoms with van der Waals surface area (Å²) in [6.45, 7) is 0.627. The number of benzene rings is 2. The van der Waals surface area contributed by atoms with Crippen LogP contribution in [-0.2, 0) is 4.79 Å². The van der Waals surface area contributed by atoms with E-state index in [0.717, 1.165) is 28.9 Å². The van der Waals surface area contributed by atoms with Gasteiger partial charge in [-0.15, -0.1) is 0 Å². The van der Waals surface area contributed by atoms with E-state index in [2.05, 4.69) is 27.8 Å². The van der Waals surface area contributed by atoms with Crippen molar-refractivity contribution in [1.29, 1.82) is 0 Å². The maximum atomic E-state index is 12.5. The third-order valence-corrected chi connectivity index (χ3v) is 5.31. The summed E-state index contributed by atoms with van der Waals surface area (Å²) in [7, 11) is 4.94. The largest absolute Gasteiger partial charge is 0.497 e. The monoisotopic (exact) mass is 419 g/mol. The van der Waals surface area contributed by atoms with Gasteiger partial charge in [-0.25, -0.2) is 4.98 Å². The zero-order chi connectivity index (χ0) is 22.1. The fraction of sp³-hybridized carbons (Fsp3) is 0.280. The lowest BCUT2D eigenvalue weighted by molar-refractivity contribution is -0.122. The number of hydrogen-bond donors (Lipinski definition) is 2. The Balaban J connectivity index is 1.83. The molecule has 0 bridgehead atoms. The minimum atomic E-state index is -0.418. The van der Waals surface area contributed by atoms with Gasteiger partial charge in [-0.05, 0) is 42.3 Å². The van der Waals surface area contributed by atoms with E-state index in [1.54, 1.807) is 27.5 Å². The van der Waals surface area contributed by atoms with E-state index in [4.69, 9.17) is 9.47 Å². The average Bonchev–Trinajstić information content (AvgIpc) is 2.84. The maximum absolute atomic E-state index is 12.5. The minimum Gasteiger partial charge on any atom is -0.497 e. The number of pyridine rings is 1. The molecule has 0 aliphatic rings. The van der Waals surface area contributed by atoms with Crippen molar-refractivity contribution in [3.63, 3.8) is 0 Å². The van der Waals surface area contributed by atoms with Crippen LogP contribution in [0.1, 0.15) is 35.1 Å². The molecule has 0 unspecified atom stereocenters. The smallest absolute Gasteiger partial charge is 0.241 e. The molecule has 6 heteroatoms. The third-order valence-electron chi connectivity index (χ3n) is 5.31. The number of rotatable bonds is 10. The Labute approximate surface area is 183 Å². The molecule has 0 aliphatic carbocycles. The summed E-state index contributed by atoms with van der Waals surface area (Å²) >= 11 is 0. The van der Waals surface area contributed by atoms with Gasteiger partial charge in [0.25, 0.3) is 0 Å².